The highest BCUT2D eigenvalue weighted by atomic mass is 16.6. The van der Waals surface area contributed by atoms with E-state index in [0.717, 1.165) is 0 Å². The summed E-state index contributed by atoms with van der Waals surface area (Å²) in [4.78, 5) is 47.0. The van der Waals surface area contributed by atoms with E-state index in [9.17, 15) is 19.2 Å². The van der Waals surface area contributed by atoms with Crippen LogP contribution in [0.5, 0.6) is 0 Å². The van der Waals surface area contributed by atoms with Gasteiger partial charge in [0.25, 0.3) is 0 Å². The van der Waals surface area contributed by atoms with Gasteiger partial charge in [0, 0.05) is 0 Å². The average Bonchev–Trinajstić information content (AvgIpc) is 2.65. The predicted octanol–water partition coefficient (Wildman–Crippen LogP) is 3.51. The van der Waals surface area contributed by atoms with Gasteiger partial charge in [-0.2, -0.15) is 0 Å². The van der Waals surface area contributed by atoms with Gasteiger partial charge >= 0.3 is 11.9 Å². The van der Waals surface area contributed by atoms with E-state index >= 15 is 0 Å². The molecule has 28 heavy (non-hydrogen) atoms. The molecule has 0 spiro atoms. The lowest BCUT2D eigenvalue weighted by atomic mass is 9.97. The van der Waals surface area contributed by atoms with Crippen molar-refractivity contribution in [1.82, 2.24) is 0 Å². The normalized spacial score (nSPS) is 12.5. The van der Waals surface area contributed by atoms with Crippen molar-refractivity contribution >= 4 is 23.5 Å². The van der Waals surface area contributed by atoms with Crippen LogP contribution in [0, 0.1) is 0 Å². The van der Waals surface area contributed by atoms with E-state index in [2.05, 4.69) is 0 Å². The molecule has 2 atom stereocenters. The van der Waals surface area contributed by atoms with Crippen LogP contribution in [0.1, 0.15) is 50.0 Å². The second-order valence-electron chi connectivity index (χ2n) is 6.40. The molecule has 0 aliphatic heterocycles. The molecule has 0 fully saturated rings. The van der Waals surface area contributed by atoms with Gasteiger partial charge in [-0.3, -0.25) is 19.2 Å². The van der Waals surface area contributed by atoms with Crippen LogP contribution in [0.15, 0.2) is 60.7 Å². The molecule has 0 saturated heterocycles. The molecule has 0 N–H and O–H groups in total. The number of esters is 2. The highest BCUT2D eigenvalue weighted by Crippen LogP contribution is 2.36. The molecule has 0 saturated carbocycles. The van der Waals surface area contributed by atoms with Gasteiger partial charge in [0.05, 0.1) is 0 Å². The number of carbonyl (C=O) groups excluding carboxylic acids is 4. The lowest BCUT2D eigenvalue weighted by Gasteiger charge is -2.27. The van der Waals surface area contributed by atoms with Gasteiger partial charge in [-0.1, -0.05) is 60.7 Å². The second kappa shape index (κ2) is 10.2. The van der Waals surface area contributed by atoms with Gasteiger partial charge < -0.3 is 9.47 Å². The molecule has 0 amide bonds. The smallest absolute Gasteiger partial charge is 0.314 e. The summed E-state index contributed by atoms with van der Waals surface area (Å²) >= 11 is 0. The average molecular weight is 382 g/mol. The fraction of sp³-hybridized carbons (Fsp3) is 0.273. The summed E-state index contributed by atoms with van der Waals surface area (Å²) in [5.41, 5.74) is 1.20. The molecule has 0 radical (unpaired) electrons. The molecule has 6 nitrogen and oxygen atoms in total. The number of rotatable bonds is 9. The Morgan fingerprint density at radius 1 is 0.643 bits per heavy atom. The highest BCUT2D eigenvalue weighted by Gasteiger charge is 2.32. The predicted molar refractivity (Wildman–Crippen MR) is 101 cm³/mol. The van der Waals surface area contributed by atoms with Crippen molar-refractivity contribution in [2.75, 3.05) is 0 Å². The molecule has 2 rings (SSSR count). The summed E-state index contributed by atoms with van der Waals surface area (Å²) in [7, 11) is 0. The van der Waals surface area contributed by atoms with Crippen LogP contribution in [0.2, 0.25) is 0 Å². The minimum atomic E-state index is -0.966. The van der Waals surface area contributed by atoms with Crippen LogP contribution in [0.3, 0.4) is 0 Å². The summed E-state index contributed by atoms with van der Waals surface area (Å²) in [5.74, 6) is -2.10. The number of hydrogen-bond acceptors (Lipinski definition) is 6. The zero-order valence-corrected chi connectivity index (χ0v) is 15.8. The molecular formula is C22H22O6. The van der Waals surface area contributed by atoms with Gasteiger partial charge in [0.2, 0.25) is 0 Å². The van der Waals surface area contributed by atoms with Crippen molar-refractivity contribution in [3.8, 4) is 0 Å². The standard InChI is InChI=1S/C22H22O6/c1-15(23)13-19(25)27-21(17-9-5-3-6-10-17)22(18-11-7-4-8-12-18)28-20(26)14-16(2)24/h3-12,21-22H,13-14H2,1-2H3. The summed E-state index contributed by atoms with van der Waals surface area (Å²) in [5, 5.41) is 0. The van der Waals surface area contributed by atoms with Crippen molar-refractivity contribution in [3.63, 3.8) is 0 Å². The van der Waals surface area contributed by atoms with Crippen molar-refractivity contribution in [2.45, 2.75) is 38.9 Å². The molecule has 2 unspecified atom stereocenters. The van der Waals surface area contributed by atoms with Crippen molar-refractivity contribution in [1.29, 1.82) is 0 Å². The summed E-state index contributed by atoms with van der Waals surface area (Å²) in [6, 6.07) is 17.6. The number of ketones is 2. The first-order chi connectivity index (χ1) is 13.4. The monoisotopic (exact) mass is 382 g/mol. The Morgan fingerprint density at radius 2 is 0.964 bits per heavy atom. The Bertz CT molecular complexity index is 757. The molecule has 146 valence electrons. The Balaban J connectivity index is 2.41. The zero-order chi connectivity index (χ0) is 20.5. The number of benzene rings is 2. The van der Waals surface area contributed by atoms with Gasteiger partial charge in [-0.05, 0) is 25.0 Å². The molecule has 2 aromatic carbocycles. The van der Waals surface area contributed by atoms with E-state index in [1.807, 2.05) is 0 Å². The Morgan fingerprint density at radius 3 is 1.25 bits per heavy atom. The van der Waals surface area contributed by atoms with E-state index < -0.39 is 24.1 Å². The fourth-order valence-corrected chi connectivity index (χ4v) is 2.67. The van der Waals surface area contributed by atoms with Crippen molar-refractivity contribution in [3.05, 3.63) is 71.8 Å². The SMILES string of the molecule is CC(=O)CC(=O)OC(c1ccccc1)C(OC(=O)CC(C)=O)c1ccccc1. The quantitative estimate of drug-likeness (QED) is 0.487. The number of carbonyl (C=O) groups is 4. The van der Waals surface area contributed by atoms with Crippen LogP contribution in [-0.4, -0.2) is 23.5 Å². The third-order valence-corrected chi connectivity index (χ3v) is 3.83. The third kappa shape index (κ3) is 6.46. The maximum Gasteiger partial charge on any atom is 0.314 e. The van der Waals surface area contributed by atoms with E-state index in [0.29, 0.717) is 11.1 Å². The van der Waals surface area contributed by atoms with Crippen LogP contribution >= 0.6 is 0 Å². The van der Waals surface area contributed by atoms with Crippen LogP contribution in [-0.2, 0) is 28.7 Å². The van der Waals surface area contributed by atoms with E-state index in [1.165, 1.54) is 13.8 Å². The Hall–Kier alpha value is -3.28. The summed E-state index contributed by atoms with van der Waals surface area (Å²) in [6.07, 6.45) is -2.70. The van der Waals surface area contributed by atoms with Crippen molar-refractivity contribution in [2.24, 2.45) is 0 Å². The molecule has 0 aliphatic carbocycles. The van der Waals surface area contributed by atoms with Gasteiger partial charge in [0.15, 0.2) is 12.2 Å². The lowest BCUT2D eigenvalue weighted by Crippen LogP contribution is -2.24. The topological polar surface area (TPSA) is 86.7 Å². The number of hydrogen-bond donors (Lipinski definition) is 0. The van der Waals surface area contributed by atoms with Gasteiger partial charge in [-0.25, -0.2) is 0 Å². The molecule has 0 aliphatic rings. The highest BCUT2D eigenvalue weighted by molar-refractivity contribution is 5.94. The Kier molecular flexibility index (Phi) is 7.63. The Labute approximate surface area is 163 Å². The maximum absolute atomic E-state index is 12.2. The first-order valence-electron chi connectivity index (χ1n) is 8.84. The molecule has 2 aromatic rings. The fourth-order valence-electron chi connectivity index (χ4n) is 2.67. The first kappa shape index (κ1) is 21.0. The largest absolute Gasteiger partial charge is 0.453 e. The minimum Gasteiger partial charge on any atom is -0.453 e. The van der Waals surface area contributed by atoms with Crippen LogP contribution in [0.4, 0.5) is 0 Å². The molecule has 0 bridgehead atoms. The number of Topliss-reactive ketones (excluding diaryl/α,β-unsaturated/α-hetero) is 2. The molecule has 0 heterocycles. The van der Waals surface area contributed by atoms with E-state index in [1.54, 1.807) is 60.7 Å². The summed E-state index contributed by atoms with van der Waals surface area (Å²) in [6.45, 7) is 2.58. The van der Waals surface area contributed by atoms with Crippen LogP contribution < -0.4 is 0 Å². The van der Waals surface area contributed by atoms with Gasteiger partial charge in [0.1, 0.15) is 24.4 Å². The lowest BCUT2D eigenvalue weighted by molar-refractivity contribution is -0.170. The van der Waals surface area contributed by atoms with Crippen molar-refractivity contribution < 1.29 is 28.7 Å². The first-order valence-corrected chi connectivity index (χ1v) is 8.84. The van der Waals surface area contributed by atoms with E-state index in [-0.39, 0.29) is 24.4 Å². The maximum atomic E-state index is 12.2. The van der Waals surface area contributed by atoms with Crippen LogP contribution in [0.25, 0.3) is 0 Å². The molecule has 0 aromatic heterocycles. The number of ether oxygens (including phenoxy) is 2. The molecular weight excluding hydrogens is 360 g/mol. The zero-order valence-electron chi connectivity index (χ0n) is 15.8. The van der Waals surface area contributed by atoms with Gasteiger partial charge in [-0.15, -0.1) is 0 Å². The third-order valence-electron chi connectivity index (χ3n) is 3.83. The van der Waals surface area contributed by atoms with E-state index in [4.69, 9.17) is 9.47 Å². The second-order valence-corrected chi connectivity index (χ2v) is 6.40. The minimum absolute atomic E-state index is 0.332. The summed E-state index contributed by atoms with van der Waals surface area (Å²) < 4.78 is 11.1. The molecule has 6 heteroatoms.